The summed E-state index contributed by atoms with van der Waals surface area (Å²) < 4.78 is 0. The molecule has 0 aromatic heterocycles. The van der Waals surface area contributed by atoms with Crippen LogP contribution >= 0.6 is 24.0 Å². The first-order valence-corrected chi connectivity index (χ1v) is 6.05. The zero-order valence-corrected chi connectivity index (χ0v) is 8.64. The van der Waals surface area contributed by atoms with Gasteiger partial charge in [0.15, 0.2) is 5.11 Å². The Morgan fingerprint density at radius 3 is 2.50 bits per heavy atom. The smallest absolute Gasteiger partial charge is 0.166 e. The van der Waals surface area contributed by atoms with Crippen molar-refractivity contribution in [2.75, 3.05) is 11.5 Å². The Morgan fingerprint density at radius 2 is 1.92 bits per heavy atom. The summed E-state index contributed by atoms with van der Waals surface area (Å²) in [6.45, 7) is 0. The number of rotatable bonds is 2. The fourth-order valence-corrected chi connectivity index (χ4v) is 2.77. The van der Waals surface area contributed by atoms with Crippen molar-refractivity contribution in [1.29, 1.82) is 0 Å². The van der Waals surface area contributed by atoms with Crippen molar-refractivity contribution in [2.45, 2.75) is 31.3 Å². The Hall–Kier alpha value is 0.0400. The first kappa shape index (κ1) is 8.63. The Bertz CT molecular complexity index is 174. The van der Waals surface area contributed by atoms with Gasteiger partial charge in [-0.25, -0.2) is 0 Å². The van der Waals surface area contributed by atoms with Crippen molar-refractivity contribution in [2.24, 2.45) is 0 Å². The Balaban J connectivity index is 1.66. The van der Waals surface area contributed by atoms with E-state index in [0.717, 1.165) is 5.11 Å². The number of thiocarbonyl (C=S) groups is 1. The molecule has 1 saturated heterocycles. The van der Waals surface area contributed by atoms with Crippen LogP contribution in [0.25, 0.3) is 0 Å². The summed E-state index contributed by atoms with van der Waals surface area (Å²) in [6.07, 6.45) is 3.85. The molecule has 1 saturated carbocycles. The Labute approximate surface area is 82.9 Å². The second-order valence-corrected chi connectivity index (χ2v) is 5.01. The molecule has 0 aromatic rings. The third-order valence-corrected chi connectivity index (χ3v) is 3.58. The SMILES string of the molecule is S=C(NC1CC1)NC1CCSC1. The summed E-state index contributed by atoms with van der Waals surface area (Å²) in [4.78, 5) is 0. The largest absolute Gasteiger partial charge is 0.360 e. The number of thioether (sulfide) groups is 1. The average Bonchev–Trinajstić information content (AvgIpc) is 2.66. The van der Waals surface area contributed by atoms with E-state index in [-0.39, 0.29) is 0 Å². The van der Waals surface area contributed by atoms with Crippen LogP contribution in [0.3, 0.4) is 0 Å². The molecule has 0 spiro atoms. The van der Waals surface area contributed by atoms with E-state index in [1.54, 1.807) is 0 Å². The molecule has 0 amide bonds. The van der Waals surface area contributed by atoms with Crippen LogP contribution in [0.2, 0.25) is 0 Å². The third-order valence-electron chi connectivity index (χ3n) is 2.18. The standard InChI is InChI=1S/C8H14N2S2/c11-8(9-6-1-2-6)10-7-3-4-12-5-7/h6-7H,1-5H2,(H2,9,10,11). The molecule has 1 unspecified atom stereocenters. The molecule has 12 heavy (non-hydrogen) atoms. The van der Waals surface area contributed by atoms with Gasteiger partial charge in [-0.3, -0.25) is 0 Å². The van der Waals surface area contributed by atoms with Gasteiger partial charge in [0.25, 0.3) is 0 Å². The second-order valence-electron chi connectivity index (χ2n) is 3.45. The molecular weight excluding hydrogens is 188 g/mol. The van der Waals surface area contributed by atoms with Crippen molar-refractivity contribution in [3.05, 3.63) is 0 Å². The topological polar surface area (TPSA) is 24.1 Å². The molecule has 2 N–H and O–H groups in total. The van der Waals surface area contributed by atoms with Gasteiger partial charge in [-0.2, -0.15) is 11.8 Å². The van der Waals surface area contributed by atoms with Gasteiger partial charge in [-0.05, 0) is 37.2 Å². The minimum absolute atomic E-state index is 0.619. The van der Waals surface area contributed by atoms with Gasteiger partial charge >= 0.3 is 0 Å². The molecular formula is C8H14N2S2. The van der Waals surface area contributed by atoms with Crippen LogP contribution in [0.4, 0.5) is 0 Å². The van der Waals surface area contributed by atoms with E-state index in [1.165, 1.54) is 30.8 Å². The average molecular weight is 202 g/mol. The predicted octanol–water partition coefficient (Wildman–Crippen LogP) is 1.12. The monoisotopic (exact) mass is 202 g/mol. The van der Waals surface area contributed by atoms with Crippen LogP contribution in [0.1, 0.15) is 19.3 Å². The quantitative estimate of drug-likeness (QED) is 0.655. The molecule has 1 atom stereocenters. The minimum atomic E-state index is 0.619. The highest BCUT2D eigenvalue weighted by molar-refractivity contribution is 7.99. The van der Waals surface area contributed by atoms with Crippen LogP contribution in [0, 0.1) is 0 Å². The molecule has 1 aliphatic carbocycles. The lowest BCUT2D eigenvalue weighted by Crippen LogP contribution is -2.42. The van der Waals surface area contributed by atoms with E-state index >= 15 is 0 Å². The molecule has 1 heterocycles. The summed E-state index contributed by atoms with van der Waals surface area (Å²) in [5.41, 5.74) is 0. The molecule has 1 aliphatic heterocycles. The zero-order valence-electron chi connectivity index (χ0n) is 7.01. The van der Waals surface area contributed by atoms with Crippen molar-refractivity contribution in [1.82, 2.24) is 10.6 Å². The van der Waals surface area contributed by atoms with Crippen LogP contribution in [0.15, 0.2) is 0 Å². The van der Waals surface area contributed by atoms with Crippen LogP contribution < -0.4 is 10.6 Å². The molecule has 2 fully saturated rings. The first-order chi connectivity index (χ1) is 5.84. The molecule has 4 heteroatoms. The van der Waals surface area contributed by atoms with Gasteiger partial charge in [-0.15, -0.1) is 0 Å². The highest BCUT2D eigenvalue weighted by Gasteiger charge is 2.23. The number of nitrogens with one attached hydrogen (secondary N) is 2. The zero-order chi connectivity index (χ0) is 8.39. The highest BCUT2D eigenvalue weighted by atomic mass is 32.2. The van der Waals surface area contributed by atoms with Crippen molar-refractivity contribution in [3.63, 3.8) is 0 Å². The maximum atomic E-state index is 5.18. The third kappa shape index (κ3) is 2.52. The van der Waals surface area contributed by atoms with Crippen LogP contribution in [-0.4, -0.2) is 28.7 Å². The maximum absolute atomic E-state index is 5.18. The Kier molecular flexibility index (Phi) is 2.76. The van der Waals surface area contributed by atoms with Gasteiger partial charge in [0.05, 0.1) is 0 Å². The molecule has 68 valence electrons. The fraction of sp³-hybridized carbons (Fsp3) is 0.875. The predicted molar refractivity (Wildman–Crippen MR) is 57.6 cm³/mol. The van der Waals surface area contributed by atoms with Gasteiger partial charge in [0.1, 0.15) is 0 Å². The van der Waals surface area contributed by atoms with E-state index in [0.29, 0.717) is 12.1 Å². The molecule has 2 nitrogen and oxygen atoms in total. The van der Waals surface area contributed by atoms with Crippen molar-refractivity contribution < 1.29 is 0 Å². The van der Waals surface area contributed by atoms with Crippen LogP contribution in [0.5, 0.6) is 0 Å². The van der Waals surface area contributed by atoms with E-state index in [2.05, 4.69) is 10.6 Å². The number of hydrogen-bond acceptors (Lipinski definition) is 2. The summed E-state index contributed by atoms with van der Waals surface area (Å²) in [6, 6.07) is 1.30. The van der Waals surface area contributed by atoms with E-state index in [9.17, 15) is 0 Å². The highest BCUT2D eigenvalue weighted by Crippen LogP contribution is 2.19. The van der Waals surface area contributed by atoms with Gasteiger partial charge in [0.2, 0.25) is 0 Å². The van der Waals surface area contributed by atoms with E-state index in [1.807, 2.05) is 11.8 Å². The molecule has 0 aromatic carbocycles. The molecule has 2 rings (SSSR count). The maximum Gasteiger partial charge on any atom is 0.166 e. The fourth-order valence-electron chi connectivity index (χ4n) is 1.29. The van der Waals surface area contributed by atoms with Gasteiger partial charge in [0, 0.05) is 17.8 Å². The van der Waals surface area contributed by atoms with Crippen molar-refractivity contribution in [3.8, 4) is 0 Å². The lowest BCUT2D eigenvalue weighted by molar-refractivity contribution is 0.665. The van der Waals surface area contributed by atoms with Crippen LogP contribution in [-0.2, 0) is 0 Å². The lowest BCUT2D eigenvalue weighted by Gasteiger charge is -2.14. The van der Waals surface area contributed by atoms with Gasteiger partial charge < -0.3 is 10.6 Å². The minimum Gasteiger partial charge on any atom is -0.360 e. The molecule has 0 bridgehead atoms. The summed E-state index contributed by atoms with van der Waals surface area (Å²) in [5.74, 6) is 2.50. The molecule has 0 radical (unpaired) electrons. The van der Waals surface area contributed by atoms with E-state index in [4.69, 9.17) is 12.2 Å². The first-order valence-electron chi connectivity index (χ1n) is 4.49. The summed E-state index contributed by atoms with van der Waals surface area (Å²) in [7, 11) is 0. The molecule has 2 aliphatic rings. The normalized spacial score (nSPS) is 28.5. The lowest BCUT2D eigenvalue weighted by atomic mass is 10.3. The van der Waals surface area contributed by atoms with Crippen molar-refractivity contribution >= 4 is 29.1 Å². The Morgan fingerprint density at radius 1 is 1.17 bits per heavy atom. The van der Waals surface area contributed by atoms with E-state index < -0.39 is 0 Å². The summed E-state index contributed by atoms with van der Waals surface area (Å²) >= 11 is 7.18. The summed E-state index contributed by atoms with van der Waals surface area (Å²) in [5, 5.41) is 7.51. The number of hydrogen-bond donors (Lipinski definition) is 2. The van der Waals surface area contributed by atoms with Gasteiger partial charge in [-0.1, -0.05) is 0 Å². The second kappa shape index (κ2) is 3.83.